The first-order valence-corrected chi connectivity index (χ1v) is 16.2. The molecule has 0 unspecified atom stereocenters. The summed E-state index contributed by atoms with van der Waals surface area (Å²) in [5, 5.41) is 0. The number of carbonyl (C=O) groups is 1. The van der Waals surface area contributed by atoms with E-state index in [1.807, 2.05) is 44.2 Å². The second kappa shape index (κ2) is 14.0. The van der Waals surface area contributed by atoms with Gasteiger partial charge in [0.05, 0.1) is 39.2 Å². The van der Waals surface area contributed by atoms with Crippen molar-refractivity contribution in [3.05, 3.63) is 118 Å². The molecule has 11 heteroatoms. The van der Waals surface area contributed by atoms with E-state index in [1.165, 1.54) is 29.1 Å². The van der Waals surface area contributed by atoms with Crippen LogP contribution < -0.4 is 29.1 Å². The SMILES string of the molecule is CCOC(=O)C1=C(C)N=c2s/c(=C/c3cc(I)c(OCc4ccccc4F)c(OC)c3)c(=O)n2[C@@H]1c1ccccc1OC(C)C. The van der Waals surface area contributed by atoms with Crippen molar-refractivity contribution in [2.24, 2.45) is 4.99 Å². The topological polar surface area (TPSA) is 88.4 Å². The Hall–Kier alpha value is -3.97. The molecular formula is C34H32FIN2O6S. The summed E-state index contributed by atoms with van der Waals surface area (Å²) in [7, 11) is 1.52. The fourth-order valence-corrected chi connectivity index (χ4v) is 6.86. The summed E-state index contributed by atoms with van der Waals surface area (Å²) in [4.78, 5) is 32.6. The molecule has 1 aliphatic rings. The number of rotatable bonds is 10. The molecule has 1 aromatic heterocycles. The summed E-state index contributed by atoms with van der Waals surface area (Å²) in [6, 6.07) is 16.6. The molecule has 45 heavy (non-hydrogen) atoms. The normalized spacial score (nSPS) is 14.7. The maximum absolute atomic E-state index is 14.2. The number of halogens is 2. The van der Waals surface area contributed by atoms with Crippen LogP contribution in [0.4, 0.5) is 4.39 Å². The second-order valence-electron chi connectivity index (χ2n) is 10.4. The van der Waals surface area contributed by atoms with E-state index in [0.29, 0.717) is 49.0 Å². The smallest absolute Gasteiger partial charge is 0.338 e. The maximum atomic E-state index is 14.2. The largest absolute Gasteiger partial charge is 0.493 e. The fraction of sp³-hybridized carbons (Fsp3) is 0.265. The highest BCUT2D eigenvalue weighted by Gasteiger charge is 2.35. The van der Waals surface area contributed by atoms with Gasteiger partial charge in [-0.15, -0.1) is 0 Å². The quantitative estimate of drug-likeness (QED) is 0.148. The summed E-state index contributed by atoms with van der Waals surface area (Å²) >= 11 is 3.35. The van der Waals surface area contributed by atoms with E-state index < -0.39 is 12.0 Å². The van der Waals surface area contributed by atoms with Crippen LogP contribution in [-0.2, 0) is 16.1 Å². The Labute approximate surface area is 277 Å². The van der Waals surface area contributed by atoms with Gasteiger partial charge in [0, 0.05) is 11.1 Å². The highest BCUT2D eigenvalue weighted by atomic mass is 127. The Morgan fingerprint density at radius 1 is 1.13 bits per heavy atom. The van der Waals surface area contributed by atoms with Gasteiger partial charge in [0.1, 0.15) is 24.2 Å². The highest BCUT2D eigenvalue weighted by Crippen LogP contribution is 2.37. The van der Waals surface area contributed by atoms with E-state index in [2.05, 4.69) is 27.6 Å². The number of ether oxygens (including phenoxy) is 4. The number of nitrogens with zero attached hydrogens (tertiary/aromatic N) is 2. The Bertz CT molecular complexity index is 1970. The van der Waals surface area contributed by atoms with Gasteiger partial charge in [-0.05, 0) is 86.2 Å². The second-order valence-corrected chi connectivity index (χ2v) is 12.6. The zero-order valence-electron chi connectivity index (χ0n) is 25.4. The molecule has 1 atom stereocenters. The molecule has 0 N–H and O–H groups in total. The van der Waals surface area contributed by atoms with E-state index in [0.717, 1.165) is 3.57 Å². The van der Waals surface area contributed by atoms with Crippen LogP contribution in [-0.4, -0.2) is 30.4 Å². The minimum Gasteiger partial charge on any atom is -0.493 e. The lowest BCUT2D eigenvalue weighted by atomic mass is 9.95. The lowest BCUT2D eigenvalue weighted by molar-refractivity contribution is -0.139. The van der Waals surface area contributed by atoms with Crippen LogP contribution in [0.25, 0.3) is 6.08 Å². The van der Waals surface area contributed by atoms with Gasteiger partial charge in [-0.1, -0.05) is 47.7 Å². The summed E-state index contributed by atoms with van der Waals surface area (Å²) < 4.78 is 40.0. The first-order chi connectivity index (χ1) is 21.6. The Balaban J connectivity index is 1.61. The van der Waals surface area contributed by atoms with Gasteiger partial charge in [-0.2, -0.15) is 0 Å². The molecule has 5 rings (SSSR count). The Morgan fingerprint density at radius 3 is 2.58 bits per heavy atom. The van der Waals surface area contributed by atoms with Crippen LogP contribution in [0, 0.1) is 9.39 Å². The zero-order valence-corrected chi connectivity index (χ0v) is 28.4. The minimum absolute atomic E-state index is 0.0289. The van der Waals surface area contributed by atoms with Crippen molar-refractivity contribution < 1.29 is 28.1 Å². The number of hydrogen-bond donors (Lipinski definition) is 0. The molecule has 0 spiro atoms. The Morgan fingerprint density at radius 2 is 1.87 bits per heavy atom. The molecule has 0 saturated heterocycles. The van der Waals surface area contributed by atoms with Crippen LogP contribution in [0.5, 0.6) is 17.2 Å². The first-order valence-electron chi connectivity index (χ1n) is 14.3. The molecule has 3 aromatic carbocycles. The monoisotopic (exact) mass is 742 g/mol. The lowest BCUT2D eigenvalue weighted by Crippen LogP contribution is -2.40. The molecule has 2 heterocycles. The van der Waals surface area contributed by atoms with Gasteiger partial charge in [0.2, 0.25) is 0 Å². The molecule has 1 aliphatic heterocycles. The summed E-state index contributed by atoms with van der Waals surface area (Å²) in [6.45, 7) is 7.52. The predicted octanol–water partition coefficient (Wildman–Crippen LogP) is 5.92. The Kier molecular flexibility index (Phi) is 10.1. The number of aromatic nitrogens is 1. The first kappa shape index (κ1) is 32.4. The number of carbonyl (C=O) groups excluding carboxylic acids is 1. The molecule has 0 radical (unpaired) electrons. The number of para-hydroxylation sites is 1. The number of methoxy groups -OCH3 is 1. The van der Waals surface area contributed by atoms with Crippen molar-refractivity contribution in [3.63, 3.8) is 0 Å². The predicted molar refractivity (Wildman–Crippen MR) is 179 cm³/mol. The van der Waals surface area contributed by atoms with E-state index >= 15 is 0 Å². The third-order valence-corrected chi connectivity index (χ3v) is 8.76. The molecule has 0 bridgehead atoms. The lowest BCUT2D eigenvalue weighted by Gasteiger charge is -2.26. The minimum atomic E-state index is -0.804. The van der Waals surface area contributed by atoms with E-state index in [9.17, 15) is 14.0 Å². The van der Waals surface area contributed by atoms with Crippen molar-refractivity contribution in [2.45, 2.75) is 46.4 Å². The molecular weight excluding hydrogens is 710 g/mol. The van der Waals surface area contributed by atoms with Crippen LogP contribution >= 0.6 is 33.9 Å². The van der Waals surface area contributed by atoms with Gasteiger partial charge in [-0.25, -0.2) is 14.2 Å². The van der Waals surface area contributed by atoms with Crippen LogP contribution in [0.15, 0.2) is 81.7 Å². The third kappa shape index (κ3) is 6.84. The number of benzene rings is 3. The van der Waals surface area contributed by atoms with E-state index in [1.54, 1.807) is 44.2 Å². The molecule has 234 valence electrons. The van der Waals surface area contributed by atoms with Gasteiger partial charge in [0.15, 0.2) is 16.3 Å². The number of allylic oxidation sites excluding steroid dienone is 1. The van der Waals surface area contributed by atoms with E-state index in [4.69, 9.17) is 18.9 Å². The molecule has 0 amide bonds. The van der Waals surface area contributed by atoms with Gasteiger partial charge in [-0.3, -0.25) is 9.36 Å². The van der Waals surface area contributed by atoms with Crippen molar-refractivity contribution in [1.29, 1.82) is 0 Å². The number of fused-ring (bicyclic) bond motifs is 1. The average molecular weight is 743 g/mol. The van der Waals surface area contributed by atoms with E-state index in [-0.39, 0.29) is 36.3 Å². The van der Waals surface area contributed by atoms with Gasteiger partial charge in [0.25, 0.3) is 5.56 Å². The molecule has 0 saturated carbocycles. The van der Waals surface area contributed by atoms with Crippen molar-refractivity contribution in [2.75, 3.05) is 13.7 Å². The molecule has 8 nitrogen and oxygen atoms in total. The summed E-state index contributed by atoms with van der Waals surface area (Å²) in [5.41, 5.74) is 2.21. The summed E-state index contributed by atoms with van der Waals surface area (Å²) in [6.07, 6.45) is 1.63. The van der Waals surface area contributed by atoms with Crippen molar-refractivity contribution in [1.82, 2.24) is 4.57 Å². The van der Waals surface area contributed by atoms with Gasteiger partial charge < -0.3 is 18.9 Å². The van der Waals surface area contributed by atoms with Crippen molar-refractivity contribution >= 4 is 46.0 Å². The number of hydrogen-bond acceptors (Lipinski definition) is 8. The standard InChI is InChI=1S/C34H32FIN2O6S/c1-6-42-33(40)29-20(4)37-34-38(30(29)23-12-8-10-14-26(23)44-19(2)3)32(39)28(45-34)17-21-15-25(36)31(27(16-21)41-5)43-18-22-11-7-9-13-24(22)35/h7-17,19,30H,6,18H2,1-5H3/b28-17+/t30-/m1/s1. The highest BCUT2D eigenvalue weighted by molar-refractivity contribution is 14.1. The average Bonchev–Trinajstić information content (AvgIpc) is 3.30. The maximum Gasteiger partial charge on any atom is 0.338 e. The summed E-state index contributed by atoms with van der Waals surface area (Å²) in [5.74, 6) is 0.583. The fourth-order valence-electron chi connectivity index (χ4n) is 5.03. The van der Waals surface area contributed by atoms with Crippen LogP contribution in [0.2, 0.25) is 0 Å². The molecule has 4 aromatic rings. The zero-order chi connectivity index (χ0) is 32.2. The van der Waals surface area contributed by atoms with Gasteiger partial charge >= 0.3 is 5.97 Å². The number of thiazole rings is 1. The van der Waals surface area contributed by atoms with Crippen LogP contribution in [0.3, 0.4) is 0 Å². The molecule has 0 fully saturated rings. The number of esters is 1. The third-order valence-electron chi connectivity index (χ3n) is 6.97. The van der Waals surface area contributed by atoms with Crippen molar-refractivity contribution in [3.8, 4) is 17.2 Å². The molecule has 0 aliphatic carbocycles. The van der Waals surface area contributed by atoms with Crippen LogP contribution in [0.1, 0.15) is 50.4 Å².